The van der Waals surface area contributed by atoms with Crippen molar-refractivity contribution in [3.8, 4) is 0 Å². The zero-order chi connectivity index (χ0) is 15.6. The molecule has 108 valence electrons. The van der Waals surface area contributed by atoms with Crippen molar-refractivity contribution >= 4 is 23.0 Å². The standard InChI is InChI=1S/C15H14N2O4/c1-9-3-4-12(8-14(9)17(20)21)16-11-5-6-13(15(18)19)10(2)7-11/h3-8,16H,1-2H3,(H,18,19). The molecule has 0 unspecified atom stereocenters. The van der Waals surface area contributed by atoms with Gasteiger partial charge in [0.25, 0.3) is 5.69 Å². The van der Waals surface area contributed by atoms with E-state index >= 15 is 0 Å². The molecule has 0 aromatic heterocycles. The van der Waals surface area contributed by atoms with E-state index in [4.69, 9.17) is 5.11 Å². The van der Waals surface area contributed by atoms with Gasteiger partial charge in [0.05, 0.1) is 10.5 Å². The number of carboxylic acid groups (broad SMARTS) is 1. The number of nitrogens with one attached hydrogen (secondary N) is 1. The number of nitrogens with zero attached hydrogens (tertiary/aromatic N) is 1. The van der Waals surface area contributed by atoms with E-state index in [1.165, 1.54) is 12.1 Å². The summed E-state index contributed by atoms with van der Waals surface area (Å²) in [6.45, 7) is 3.37. The lowest BCUT2D eigenvalue weighted by Gasteiger charge is -2.09. The molecule has 2 aromatic rings. The Bertz CT molecular complexity index is 726. The first-order valence-corrected chi connectivity index (χ1v) is 6.24. The minimum absolute atomic E-state index is 0.0406. The van der Waals surface area contributed by atoms with Gasteiger partial charge in [-0.3, -0.25) is 10.1 Å². The summed E-state index contributed by atoms with van der Waals surface area (Å²) in [5.74, 6) is -0.981. The van der Waals surface area contributed by atoms with Crippen molar-refractivity contribution in [2.75, 3.05) is 5.32 Å². The molecule has 0 radical (unpaired) electrons. The van der Waals surface area contributed by atoms with E-state index in [2.05, 4.69) is 5.32 Å². The first-order valence-electron chi connectivity index (χ1n) is 6.24. The van der Waals surface area contributed by atoms with Crippen LogP contribution in [0.4, 0.5) is 17.1 Å². The van der Waals surface area contributed by atoms with E-state index in [9.17, 15) is 14.9 Å². The molecular formula is C15H14N2O4. The van der Waals surface area contributed by atoms with Crippen LogP contribution >= 0.6 is 0 Å². The number of carbonyl (C=O) groups is 1. The van der Waals surface area contributed by atoms with E-state index in [0.29, 0.717) is 22.5 Å². The highest BCUT2D eigenvalue weighted by atomic mass is 16.6. The molecule has 0 bridgehead atoms. The molecule has 6 heteroatoms. The summed E-state index contributed by atoms with van der Waals surface area (Å²) in [5.41, 5.74) is 2.73. The molecule has 0 amide bonds. The van der Waals surface area contributed by atoms with Gasteiger partial charge in [-0.05, 0) is 43.7 Å². The lowest BCUT2D eigenvalue weighted by Crippen LogP contribution is -2.01. The molecule has 6 nitrogen and oxygen atoms in total. The molecule has 0 fully saturated rings. The Morgan fingerprint density at radius 1 is 1.10 bits per heavy atom. The molecule has 0 atom stereocenters. The van der Waals surface area contributed by atoms with Crippen molar-refractivity contribution in [2.24, 2.45) is 0 Å². The van der Waals surface area contributed by atoms with Gasteiger partial charge in [-0.25, -0.2) is 4.79 Å². The number of nitro benzene ring substituents is 1. The fourth-order valence-electron chi connectivity index (χ4n) is 2.03. The van der Waals surface area contributed by atoms with Crippen LogP contribution in [0.15, 0.2) is 36.4 Å². The first kappa shape index (κ1) is 14.5. The number of carboxylic acids is 1. The smallest absolute Gasteiger partial charge is 0.335 e. The Hall–Kier alpha value is -2.89. The van der Waals surface area contributed by atoms with Crippen molar-refractivity contribution in [3.63, 3.8) is 0 Å². The van der Waals surface area contributed by atoms with Crippen molar-refractivity contribution in [1.82, 2.24) is 0 Å². The number of anilines is 2. The Labute approximate surface area is 121 Å². The van der Waals surface area contributed by atoms with Gasteiger partial charge in [-0.2, -0.15) is 0 Å². The molecule has 0 aliphatic heterocycles. The highest BCUT2D eigenvalue weighted by molar-refractivity contribution is 5.90. The number of benzene rings is 2. The summed E-state index contributed by atoms with van der Waals surface area (Å²) in [7, 11) is 0. The van der Waals surface area contributed by atoms with Crippen LogP contribution in [-0.2, 0) is 0 Å². The zero-order valence-corrected chi connectivity index (χ0v) is 11.6. The Morgan fingerprint density at radius 3 is 2.29 bits per heavy atom. The summed E-state index contributed by atoms with van der Waals surface area (Å²) in [4.78, 5) is 21.4. The van der Waals surface area contributed by atoms with Gasteiger partial charge in [-0.1, -0.05) is 6.07 Å². The summed E-state index contributed by atoms with van der Waals surface area (Å²) >= 11 is 0. The van der Waals surface area contributed by atoms with Gasteiger partial charge in [-0.15, -0.1) is 0 Å². The second-order valence-corrected chi connectivity index (χ2v) is 4.72. The highest BCUT2D eigenvalue weighted by Gasteiger charge is 2.12. The fourth-order valence-corrected chi connectivity index (χ4v) is 2.03. The van der Waals surface area contributed by atoms with E-state index in [0.717, 1.165) is 0 Å². The SMILES string of the molecule is Cc1cc(Nc2ccc(C)c([N+](=O)[O-])c2)ccc1C(=O)O. The third-order valence-corrected chi connectivity index (χ3v) is 3.15. The maximum absolute atomic E-state index is 11.0. The topological polar surface area (TPSA) is 92.5 Å². The average Bonchev–Trinajstić information content (AvgIpc) is 2.40. The monoisotopic (exact) mass is 286 g/mol. The lowest BCUT2D eigenvalue weighted by molar-refractivity contribution is -0.385. The number of nitro groups is 1. The van der Waals surface area contributed by atoms with Crippen LogP contribution in [-0.4, -0.2) is 16.0 Å². The second-order valence-electron chi connectivity index (χ2n) is 4.72. The van der Waals surface area contributed by atoms with E-state index in [-0.39, 0.29) is 11.3 Å². The van der Waals surface area contributed by atoms with Crippen LogP contribution < -0.4 is 5.32 Å². The van der Waals surface area contributed by atoms with Gasteiger partial charge in [0, 0.05) is 23.0 Å². The van der Waals surface area contributed by atoms with Crippen molar-refractivity contribution in [2.45, 2.75) is 13.8 Å². The Balaban J connectivity index is 2.30. The fraction of sp³-hybridized carbons (Fsp3) is 0.133. The van der Waals surface area contributed by atoms with Crippen molar-refractivity contribution in [3.05, 3.63) is 63.2 Å². The van der Waals surface area contributed by atoms with Crippen molar-refractivity contribution in [1.29, 1.82) is 0 Å². The minimum Gasteiger partial charge on any atom is -0.478 e. The highest BCUT2D eigenvalue weighted by Crippen LogP contribution is 2.25. The largest absolute Gasteiger partial charge is 0.478 e. The quantitative estimate of drug-likeness (QED) is 0.661. The maximum atomic E-state index is 11.0. The third-order valence-electron chi connectivity index (χ3n) is 3.15. The molecule has 0 saturated carbocycles. The predicted molar refractivity (Wildman–Crippen MR) is 79.3 cm³/mol. The average molecular weight is 286 g/mol. The van der Waals surface area contributed by atoms with Crippen molar-refractivity contribution < 1.29 is 14.8 Å². The molecular weight excluding hydrogens is 272 g/mol. The molecule has 0 aliphatic rings. The molecule has 0 aliphatic carbocycles. The van der Waals surface area contributed by atoms with Gasteiger partial charge in [0.15, 0.2) is 0 Å². The minimum atomic E-state index is -0.981. The number of hydrogen-bond acceptors (Lipinski definition) is 4. The van der Waals surface area contributed by atoms with E-state index < -0.39 is 10.9 Å². The van der Waals surface area contributed by atoms with Crippen LogP contribution in [0.1, 0.15) is 21.5 Å². The molecule has 0 spiro atoms. The van der Waals surface area contributed by atoms with Gasteiger partial charge >= 0.3 is 5.97 Å². The molecule has 0 saturated heterocycles. The van der Waals surface area contributed by atoms with Gasteiger partial charge in [0.2, 0.25) is 0 Å². The number of aromatic carboxylic acids is 1. The third kappa shape index (κ3) is 3.17. The zero-order valence-electron chi connectivity index (χ0n) is 11.6. The Kier molecular flexibility index (Phi) is 3.89. The Morgan fingerprint density at radius 2 is 1.71 bits per heavy atom. The van der Waals surface area contributed by atoms with Crippen LogP contribution in [0.5, 0.6) is 0 Å². The van der Waals surface area contributed by atoms with Gasteiger partial charge < -0.3 is 10.4 Å². The van der Waals surface area contributed by atoms with Gasteiger partial charge in [0.1, 0.15) is 0 Å². The predicted octanol–water partition coefficient (Wildman–Crippen LogP) is 3.65. The summed E-state index contributed by atoms with van der Waals surface area (Å²) in [6, 6.07) is 9.68. The first-order chi connectivity index (χ1) is 9.88. The molecule has 2 aromatic carbocycles. The summed E-state index contributed by atoms with van der Waals surface area (Å²) < 4.78 is 0. The number of hydrogen-bond donors (Lipinski definition) is 2. The van der Waals surface area contributed by atoms with Crippen LogP contribution in [0.2, 0.25) is 0 Å². The van der Waals surface area contributed by atoms with Crippen LogP contribution in [0, 0.1) is 24.0 Å². The van der Waals surface area contributed by atoms with E-state index in [1.54, 1.807) is 38.1 Å². The lowest BCUT2D eigenvalue weighted by atomic mass is 10.1. The molecule has 2 rings (SSSR count). The van der Waals surface area contributed by atoms with E-state index in [1.807, 2.05) is 0 Å². The van der Waals surface area contributed by atoms with Crippen LogP contribution in [0.3, 0.4) is 0 Å². The maximum Gasteiger partial charge on any atom is 0.335 e. The molecule has 2 N–H and O–H groups in total. The number of aryl methyl sites for hydroxylation is 2. The number of rotatable bonds is 4. The summed E-state index contributed by atoms with van der Waals surface area (Å²) in [6.07, 6.45) is 0. The second kappa shape index (κ2) is 5.62. The van der Waals surface area contributed by atoms with Crippen LogP contribution in [0.25, 0.3) is 0 Å². The normalized spacial score (nSPS) is 10.2. The molecule has 0 heterocycles. The molecule has 21 heavy (non-hydrogen) atoms. The summed E-state index contributed by atoms with van der Waals surface area (Å²) in [5, 5.41) is 22.9.